The van der Waals surface area contributed by atoms with E-state index in [9.17, 15) is 19.2 Å². The molecule has 4 rings (SSSR count). The van der Waals surface area contributed by atoms with E-state index in [4.69, 9.17) is 14.6 Å². The second-order valence-electron chi connectivity index (χ2n) is 9.57. The summed E-state index contributed by atoms with van der Waals surface area (Å²) in [4.78, 5) is 50.4. The first kappa shape index (κ1) is 27.7. The van der Waals surface area contributed by atoms with Crippen molar-refractivity contribution < 1.29 is 33.8 Å². The van der Waals surface area contributed by atoms with Gasteiger partial charge in [-0.1, -0.05) is 61.2 Å². The third-order valence-electron chi connectivity index (χ3n) is 6.98. The van der Waals surface area contributed by atoms with Gasteiger partial charge in [0, 0.05) is 31.5 Å². The topological polar surface area (TPSA) is 134 Å². The molecule has 0 spiro atoms. The highest BCUT2D eigenvalue weighted by atomic mass is 16.6. The van der Waals surface area contributed by atoms with Gasteiger partial charge in [-0.05, 0) is 41.5 Å². The minimum atomic E-state index is -1.05. The second kappa shape index (κ2) is 12.9. The van der Waals surface area contributed by atoms with Gasteiger partial charge in [-0.2, -0.15) is 0 Å². The number of benzene rings is 2. The molecule has 2 aromatic carbocycles. The third kappa shape index (κ3) is 6.76. The summed E-state index contributed by atoms with van der Waals surface area (Å²) in [5.74, 6) is -1.61. The fraction of sp³-hybridized carbons (Fsp3) is 0.379. The van der Waals surface area contributed by atoms with Gasteiger partial charge >= 0.3 is 18.2 Å². The summed E-state index contributed by atoms with van der Waals surface area (Å²) < 4.78 is 10.7. The Labute approximate surface area is 227 Å². The number of hydrogen-bond donors (Lipinski definition) is 3. The van der Waals surface area contributed by atoms with Crippen molar-refractivity contribution in [3.8, 4) is 11.1 Å². The largest absolute Gasteiger partial charge is 0.481 e. The molecule has 206 valence electrons. The standard InChI is InChI=1S/C29H33N3O7/c1-2-16-38-28(36)30-15-7-8-19-17-32(25(27(35)31-19)13-14-26(33)34)29(37)39-18-24-22-11-5-3-9-20(22)21-10-4-6-12-23(21)24/h2-6,9-12,19,24-25H,1,7-8,13-18H2,(H,30,36)(H,31,35)(H,33,34)/t19-,25-/m0/s1. The first-order valence-electron chi connectivity index (χ1n) is 13.0. The Morgan fingerprint density at radius 1 is 1.05 bits per heavy atom. The van der Waals surface area contributed by atoms with Crippen molar-refractivity contribution in [3.05, 3.63) is 72.3 Å². The highest BCUT2D eigenvalue weighted by Gasteiger charge is 2.39. The van der Waals surface area contributed by atoms with E-state index in [0.717, 1.165) is 22.3 Å². The van der Waals surface area contributed by atoms with Gasteiger partial charge in [0.05, 0.1) is 0 Å². The number of piperazine rings is 1. The molecule has 2 aromatic rings. The smallest absolute Gasteiger partial charge is 0.410 e. The van der Waals surface area contributed by atoms with Crippen molar-refractivity contribution in [1.82, 2.24) is 15.5 Å². The molecule has 10 heteroatoms. The minimum Gasteiger partial charge on any atom is -0.481 e. The number of nitrogens with one attached hydrogen (secondary N) is 2. The molecule has 1 saturated heterocycles. The van der Waals surface area contributed by atoms with E-state index in [1.807, 2.05) is 48.5 Å². The zero-order chi connectivity index (χ0) is 27.8. The Hall–Kier alpha value is -4.34. The monoisotopic (exact) mass is 535 g/mol. The van der Waals surface area contributed by atoms with Crippen LogP contribution in [0.4, 0.5) is 9.59 Å². The molecule has 1 heterocycles. The number of ether oxygens (including phenoxy) is 2. The van der Waals surface area contributed by atoms with Gasteiger partial charge in [-0.25, -0.2) is 9.59 Å². The second-order valence-corrected chi connectivity index (χ2v) is 9.57. The lowest BCUT2D eigenvalue weighted by Gasteiger charge is -2.38. The van der Waals surface area contributed by atoms with Crippen LogP contribution in [0.15, 0.2) is 61.2 Å². The normalized spacial score (nSPS) is 17.9. The number of aliphatic carboxylic acids is 1. The lowest BCUT2D eigenvalue weighted by Crippen LogP contribution is -2.61. The van der Waals surface area contributed by atoms with Gasteiger partial charge in [-0.3, -0.25) is 14.5 Å². The summed E-state index contributed by atoms with van der Waals surface area (Å²) >= 11 is 0. The zero-order valence-corrected chi connectivity index (χ0v) is 21.6. The van der Waals surface area contributed by atoms with Crippen molar-refractivity contribution in [1.29, 1.82) is 0 Å². The Kier molecular flexibility index (Phi) is 9.19. The summed E-state index contributed by atoms with van der Waals surface area (Å²) in [5.41, 5.74) is 4.35. The number of carbonyl (C=O) groups excluding carboxylic acids is 3. The molecule has 0 radical (unpaired) electrons. The van der Waals surface area contributed by atoms with Crippen LogP contribution >= 0.6 is 0 Å². The predicted molar refractivity (Wildman–Crippen MR) is 143 cm³/mol. The number of carboxylic acids is 1. The average Bonchev–Trinajstić information content (AvgIpc) is 3.25. The molecular weight excluding hydrogens is 502 g/mol. The molecule has 1 fully saturated rings. The number of alkyl carbamates (subject to hydrolysis) is 1. The maximum atomic E-state index is 13.3. The molecule has 3 N–H and O–H groups in total. The SMILES string of the molecule is C=CCOC(=O)NCCC[C@H]1CN(C(=O)OCC2c3ccccc3-c3ccccc32)[C@@H](CCC(=O)O)C(=O)N1. The molecule has 39 heavy (non-hydrogen) atoms. The first-order chi connectivity index (χ1) is 18.9. The number of amides is 3. The molecule has 0 bridgehead atoms. The number of carbonyl (C=O) groups is 4. The quantitative estimate of drug-likeness (QED) is 0.295. The number of rotatable bonds is 11. The van der Waals surface area contributed by atoms with Crippen LogP contribution in [0, 0.1) is 0 Å². The summed E-state index contributed by atoms with van der Waals surface area (Å²) in [6.07, 6.45) is 1.01. The van der Waals surface area contributed by atoms with Crippen LogP contribution in [0.3, 0.4) is 0 Å². The predicted octanol–water partition coefficient (Wildman–Crippen LogP) is 3.66. The molecule has 2 aliphatic rings. The molecule has 0 saturated carbocycles. The molecule has 3 amide bonds. The van der Waals surface area contributed by atoms with Gasteiger partial charge in [0.25, 0.3) is 0 Å². The fourth-order valence-corrected chi connectivity index (χ4v) is 5.16. The van der Waals surface area contributed by atoms with E-state index >= 15 is 0 Å². The Morgan fingerprint density at radius 3 is 2.36 bits per heavy atom. The number of hydrogen-bond acceptors (Lipinski definition) is 6. The molecule has 0 aromatic heterocycles. The van der Waals surface area contributed by atoms with E-state index in [1.54, 1.807) is 0 Å². The molecule has 1 aliphatic carbocycles. The third-order valence-corrected chi connectivity index (χ3v) is 6.98. The number of fused-ring (bicyclic) bond motifs is 3. The molecule has 0 unspecified atom stereocenters. The van der Waals surface area contributed by atoms with Crippen molar-refractivity contribution in [2.75, 3.05) is 26.3 Å². The van der Waals surface area contributed by atoms with E-state index in [0.29, 0.717) is 19.4 Å². The molecule has 1 aliphatic heterocycles. The van der Waals surface area contributed by atoms with E-state index in [2.05, 4.69) is 17.2 Å². The maximum absolute atomic E-state index is 13.3. The number of nitrogens with zero attached hydrogens (tertiary/aromatic N) is 1. The maximum Gasteiger partial charge on any atom is 0.410 e. The summed E-state index contributed by atoms with van der Waals surface area (Å²) in [7, 11) is 0. The first-order valence-corrected chi connectivity index (χ1v) is 13.0. The molecule has 2 atom stereocenters. The Morgan fingerprint density at radius 2 is 1.72 bits per heavy atom. The van der Waals surface area contributed by atoms with Gasteiger partial charge in [-0.15, -0.1) is 0 Å². The van der Waals surface area contributed by atoms with Crippen LogP contribution in [0.2, 0.25) is 0 Å². The molecule has 10 nitrogen and oxygen atoms in total. The van der Waals surface area contributed by atoms with Crippen molar-refractivity contribution in [2.24, 2.45) is 0 Å². The van der Waals surface area contributed by atoms with E-state index in [1.165, 1.54) is 11.0 Å². The highest BCUT2D eigenvalue weighted by molar-refractivity contribution is 5.88. The van der Waals surface area contributed by atoms with Crippen LogP contribution in [0.5, 0.6) is 0 Å². The van der Waals surface area contributed by atoms with Crippen molar-refractivity contribution in [3.63, 3.8) is 0 Å². The Bertz CT molecular complexity index is 1190. The number of carboxylic acid groups (broad SMARTS) is 1. The lowest BCUT2D eigenvalue weighted by atomic mass is 9.98. The van der Waals surface area contributed by atoms with Crippen LogP contribution < -0.4 is 10.6 Å². The average molecular weight is 536 g/mol. The van der Waals surface area contributed by atoms with Crippen molar-refractivity contribution in [2.45, 2.75) is 43.7 Å². The van der Waals surface area contributed by atoms with E-state index in [-0.39, 0.29) is 44.6 Å². The highest BCUT2D eigenvalue weighted by Crippen LogP contribution is 2.44. The fourth-order valence-electron chi connectivity index (χ4n) is 5.16. The van der Waals surface area contributed by atoms with Gasteiger partial charge in [0.1, 0.15) is 19.3 Å². The zero-order valence-electron chi connectivity index (χ0n) is 21.6. The minimum absolute atomic E-state index is 0.0191. The summed E-state index contributed by atoms with van der Waals surface area (Å²) in [6, 6.07) is 14.7. The summed E-state index contributed by atoms with van der Waals surface area (Å²) in [6.45, 7) is 4.19. The van der Waals surface area contributed by atoms with E-state index < -0.39 is 30.1 Å². The molecular formula is C29H33N3O7. The van der Waals surface area contributed by atoms with Gasteiger partial charge < -0.3 is 25.2 Å². The van der Waals surface area contributed by atoms with Crippen LogP contribution in [0.25, 0.3) is 11.1 Å². The van der Waals surface area contributed by atoms with Crippen LogP contribution in [-0.2, 0) is 19.1 Å². The van der Waals surface area contributed by atoms with Crippen LogP contribution in [-0.4, -0.2) is 72.5 Å². The van der Waals surface area contributed by atoms with Crippen molar-refractivity contribution >= 4 is 24.1 Å². The Balaban J connectivity index is 1.40. The lowest BCUT2D eigenvalue weighted by molar-refractivity contribution is -0.138. The van der Waals surface area contributed by atoms with Gasteiger partial charge in [0.15, 0.2) is 0 Å². The van der Waals surface area contributed by atoms with Gasteiger partial charge in [0.2, 0.25) is 5.91 Å². The summed E-state index contributed by atoms with van der Waals surface area (Å²) in [5, 5.41) is 14.7. The van der Waals surface area contributed by atoms with Crippen LogP contribution in [0.1, 0.15) is 42.7 Å².